The Bertz CT molecular complexity index is 597. The van der Waals surface area contributed by atoms with Crippen LogP contribution in [0.3, 0.4) is 0 Å². The normalized spacial score (nSPS) is 22.4. The summed E-state index contributed by atoms with van der Waals surface area (Å²) < 4.78 is 5.40. The summed E-state index contributed by atoms with van der Waals surface area (Å²) in [5.41, 5.74) is 2.36. The molecule has 0 aromatic heterocycles. The van der Waals surface area contributed by atoms with Gasteiger partial charge in [-0.15, -0.1) is 11.6 Å². The van der Waals surface area contributed by atoms with Gasteiger partial charge < -0.3 is 4.74 Å². The van der Waals surface area contributed by atoms with Crippen LogP contribution in [0.5, 0.6) is 5.75 Å². The predicted molar refractivity (Wildman–Crippen MR) is 83.9 cm³/mol. The highest BCUT2D eigenvalue weighted by atomic mass is 35.5. The van der Waals surface area contributed by atoms with Crippen LogP contribution in [0.4, 0.5) is 0 Å². The minimum Gasteiger partial charge on any atom is -0.496 e. The molecule has 0 bridgehead atoms. The first kappa shape index (κ1) is 13.8. The standard InChI is InChI=1S/C17H16Cl2O/c1-20-16-8-7-12(18)9-15(16)17(19)14-10-13(14)11-5-3-2-4-6-11/h2-9,13-14,17H,10H2,1H3. The van der Waals surface area contributed by atoms with Crippen molar-refractivity contribution in [2.75, 3.05) is 7.11 Å². The van der Waals surface area contributed by atoms with Crippen LogP contribution in [0.25, 0.3) is 0 Å². The van der Waals surface area contributed by atoms with Crippen LogP contribution < -0.4 is 4.74 Å². The van der Waals surface area contributed by atoms with Crippen molar-refractivity contribution in [2.45, 2.75) is 17.7 Å². The summed E-state index contributed by atoms with van der Waals surface area (Å²) in [6.45, 7) is 0. The van der Waals surface area contributed by atoms with Crippen molar-refractivity contribution >= 4 is 23.2 Å². The Labute approximate surface area is 129 Å². The first-order valence-corrected chi connectivity index (χ1v) is 7.54. The molecule has 3 atom stereocenters. The molecule has 3 unspecified atom stereocenters. The zero-order chi connectivity index (χ0) is 14.1. The Kier molecular flexibility index (Phi) is 3.91. The van der Waals surface area contributed by atoms with Crippen molar-refractivity contribution in [1.82, 2.24) is 0 Å². The van der Waals surface area contributed by atoms with Crippen molar-refractivity contribution in [2.24, 2.45) is 5.92 Å². The maximum atomic E-state index is 6.67. The molecule has 104 valence electrons. The maximum absolute atomic E-state index is 6.67. The van der Waals surface area contributed by atoms with Gasteiger partial charge in [0.05, 0.1) is 12.5 Å². The SMILES string of the molecule is COc1ccc(Cl)cc1C(Cl)C1CC1c1ccccc1. The average Bonchev–Trinajstić information content (AvgIpc) is 3.28. The topological polar surface area (TPSA) is 9.23 Å². The second kappa shape index (κ2) is 5.67. The summed E-state index contributed by atoms with van der Waals surface area (Å²) in [5.74, 6) is 1.81. The number of hydrogen-bond donors (Lipinski definition) is 0. The summed E-state index contributed by atoms with van der Waals surface area (Å²) in [4.78, 5) is 0. The van der Waals surface area contributed by atoms with Gasteiger partial charge in [-0.25, -0.2) is 0 Å². The largest absolute Gasteiger partial charge is 0.496 e. The highest BCUT2D eigenvalue weighted by Crippen LogP contribution is 2.57. The molecule has 1 aliphatic rings. The van der Waals surface area contributed by atoms with Gasteiger partial charge in [-0.05, 0) is 42.0 Å². The van der Waals surface area contributed by atoms with Crippen LogP contribution in [0.1, 0.15) is 28.8 Å². The lowest BCUT2D eigenvalue weighted by molar-refractivity contribution is 0.408. The molecule has 0 aliphatic heterocycles. The molecule has 20 heavy (non-hydrogen) atoms. The molecule has 3 heteroatoms. The number of halogens is 2. The van der Waals surface area contributed by atoms with Gasteiger partial charge in [0.15, 0.2) is 0 Å². The van der Waals surface area contributed by atoms with Crippen LogP contribution in [0.15, 0.2) is 48.5 Å². The predicted octanol–water partition coefficient (Wildman–Crippen LogP) is 5.43. The van der Waals surface area contributed by atoms with E-state index in [1.54, 1.807) is 7.11 Å². The van der Waals surface area contributed by atoms with Crippen molar-refractivity contribution in [1.29, 1.82) is 0 Å². The van der Waals surface area contributed by atoms with Gasteiger partial charge in [0.25, 0.3) is 0 Å². The smallest absolute Gasteiger partial charge is 0.123 e. The molecule has 0 saturated heterocycles. The second-order valence-corrected chi connectivity index (χ2v) is 6.11. The van der Waals surface area contributed by atoms with Crippen LogP contribution >= 0.6 is 23.2 Å². The molecule has 3 rings (SSSR count). The lowest BCUT2D eigenvalue weighted by Gasteiger charge is -2.14. The van der Waals surface area contributed by atoms with Gasteiger partial charge in [0, 0.05) is 10.6 Å². The fourth-order valence-electron chi connectivity index (χ4n) is 2.77. The van der Waals surface area contributed by atoms with E-state index in [0.717, 1.165) is 17.7 Å². The van der Waals surface area contributed by atoms with E-state index in [9.17, 15) is 0 Å². The monoisotopic (exact) mass is 306 g/mol. The minimum absolute atomic E-state index is 0.0612. The number of alkyl halides is 1. The molecule has 2 aromatic rings. The Morgan fingerprint density at radius 1 is 1.15 bits per heavy atom. The Balaban J connectivity index is 1.81. The van der Waals surface area contributed by atoms with E-state index >= 15 is 0 Å². The molecule has 0 heterocycles. The van der Waals surface area contributed by atoms with E-state index < -0.39 is 0 Å². The first-order valence-electron chi connectivity index (χ1n) is 6.73. The van der Waals surface area contributed by atoms with Gasteiger partial charge in [-0.2, -0.15) is 0 Å². The van der Waals surface area contributed by atoms with Gasteiger partial charge >= 0.3 is 0 Å². The molecule has 0 amide bonds. The van der Waals surface area contributed by atoms with Crippen LogP contribution in [0.2, 0.25) is 5.02 Å². The van der Waals surface area contributed by atoms with Gasteiger partial charge in [-0.1, -0.05) is 41.9 Å². The zero-order valence-corrected chi connectivity index (χ0v) is 12.7. The molecule has 0 radical (unpaired) electrons. The number of benzene rings is 2. The maximum Gasteiger partial charge on any atom is 0.123 e. The molecule has 1 saturated carbocycles. The molecule has 1 fully saturated rings. The van der Waals surface area contributed by atoms with E-state index in [0.29, 0.717) is 16.9 Å². The van der Waals surface area contributed by atoms with Gasteiger partial charge in [0.1, 0.15) is 5.75 Å². The first-order chi connectivity index (χ1) is 9.70. The second-order valence-electron chi connectivity index (χ2n) is 5.20. The zero-order valence-electron chi connectivity index (χ0n) is 11.2. The number of methoxy groups -OCH3 is 1. The van der Waals surface area contributed by atoms with Crippen LogP contribution in [-0.4, -0.2) is 7.11 Å². The average molecular weight is 307 g/mol. The molecule has 0 N–H and O–H groups in total. The lowest BCUT2D eigenvalue weighted by Crippen LogP contribution is -1.99. The fraction of sp³-hybridized carbons (Fsp3) is 0.294. The third-order valence-electron chi connectivity index (χ3n) is 3.93. The minimum atomic E-state index is -0.0612. The summed E-state index contributed by atoms with van der Waals surface area (Å²) in [5, 5.41) is 0.636. The van der Waals surface area contributed by atoms with E-state index in [2.05, 4.69) is 24.3 Å². The number of hydrogen-bond acceptors (Lipinski definition) is 1. The Hall–Kier alpha value is -1.18. The highest BCUT2D eigenvalue weighted by molar-refractivity contribution is 6.31. The summed E-state index contributed by atoms with van der Waals surface area (Å²) >= 11 is 12.7. The quantitative estimate of drug-likeness (QED) is 0.684. The molecule has 1 aliphatic carbocycles. The molecular weight excluding hydrogens is 291 g/mol. The van der Waals surface area contributed by atoms with Crippen molar-refractivity contribution < 1.29 is 4.74 Å². The summed E-state index contributed by atoms with van der Waals surface area (Å²) in [6.07, 6.45) is 1.12. The lowest BCUT2D eigenvalue weighted by atomic mass is 10.0. The number of rotatable bonds is 4. The van der Waals surface area contributed by atoms with Crippen LogP contribution in [0, 0.1) is 5.92 Å². The molecular formula is C17H16Cl2O. The third kappa shape index (κ3) is 2.65. The molecule has 1 nitrogen and oxygen atoms in total. The van der Waals surface area contributed by atoms with Crippen molar-refractivity contribution in [3.05, 3.63) is 64.7 Å². The van der Waals surface area contributed by atoms with Crippen molar-refractivity contribution in [3.8, 4) is 5.75 Å². The third-order valence-corrected chi connectivity index (χ3v) is 4.73. The molecule has 0 spiro atoms. The Morgan fingerprint density at radius 3 is 2.60 bits per heavy atom. The van der Waals surface area contributed by atoms with Crippen LogP contribution in [-0.2, 0) is 0 Å². The Morgan fingerprint density at radius 2 is 1.90 bits per heavy atom. The fourth-order valence-corrected chi connectivity index (χ4v) is 3.40. The number of ether oxygens (including phenoxy) is 1. The van der Waals surface area contributed by atoms with E-state index in [-0.39, 0.29) is 5.38 Å². The van der Waals surface area contributed by atoms with Gasteiger partial charge in [0.2, 0.25) is 0 Å². The highest BCUT2D eigenvalue weighted by Gasteiger charge is 2.44. The van der Waals surface area contributed by atoms with E-state index in [4.69, 9.17) is 27.9 Å². The van der Waals surface area contributed by atoms with E-state index in [1.807, 2.05) is 24.3 Å². The summed E-state index contributed by atoms with van der Waals surface area (Å²) in [7, 11) is 1.66. The summed E-state index contributed by atoms with van der Waals surface area (Å²) in [6, 6.07) is 16.2. The van der Waals surface area contributed by atoms with Crippen molar-refractivity contribution in [3.63, 3.8) is 0 Å². The van der Waals surface area contributed by atoms with Gasteiger partial charge in [-0.3, -0.25) is 0 Å². The van der Waals surface area contributed by atoms with E-state index in [1.165, 1.54) is 5.56 Å². The molecule has 2 aromatic carbocycles.